The number of hydrogen-bond acceptors (Lipinski definition) is 3. The zero-order valence-corrected chi connectivity index (χ0v) is 12.5. The molecule has 0 aromatic carbocycles. The van der Waals surface area contributed by atoms with Crippen molar-refractivity contribution in [3.8, 4) is 0 Å². The Labute approximate surface area is 116 Å². The second kappa shape index (κ2) is 5.53. The number of nitrogens with zero attached hydrogens (tertiary/aromatic N) is 2. The van der Waals surface area contributed by atoms with E-state index in [0.29, 0.717) is 12.1 Å². The van der Waals surface area contributed by atoms with Crippen LogP contribution in [0.25, 0.3) is 0 Å². The summed E-state index contributed by atoms with van der Waals surface area (Å²) in [5.74, 6) is 0. The molecule has 108 valence electrons. The van der Waals surface area contributed by atoms with Gasteiger partial charge >= 0.3 is 0 Å². The fraction of sp³-hybridized carbons (Fsp3) is 0.800. The number of carbonyl (C=O) groups excluding carboxylic acids is 1. The Bertz CT molecular complexity index is 353. The average Bonchev–Trinajstić information content (AvgIpc) is 2.63. The maximum Gasteiger partial charge on any atom is 0.209 e. The molecule has 4 heteroatoms. The van der Waals surface area contributed by atoms with Gasteiger partial charge in [0, 0.05) is 24.8 Å². The molecule has 2 heterocycles. The third kappa shape index (κ3) is 3.11. The lowest BCUT2D eigenvalue weighted by Gasteiger charge is -2.37. The molecule has 2 saturated heterocycles. The van der Waals surface area contributed by atoms with E-state index in [1.165, 1.54) is 6.42 Å². The minimum absolute atomic E-state index is 0.276. The van der Waals surface area contributed by atoms with Crippen molar-refractivity contribution in [2.45, 2.75) is 45.2 Å². The molecule has 2 aliphatic rings. The van der Waals surface area contributed by atoms with Gasteiger partial charge in [-0.25, -0.2) is 0 Å². The van der Waals surface area contributed by atoms with Gasteiger partial charge in [0.15, 0.2) is 0 Å². The van der Waals surface area contributed by atoms with Crippen LogP contribution in [0, 0.1) is 5.41 Å². The maximum atomic E-state index is 10.9. The van der Waals surface area contributed by atoms with Crippen LogP contribution in [-0.2, 0) is 4.79 Å². The van der Waals surface area contributed by atoms with Crippen molar-refractivity contribution in [2.24, 2.45) is 5.41 Å². The van der Waals surface area contributed by atoms with Crippen molar-refractivity contribution in [2.75, 3.05) is 26.7 Å². The molecule has 2 fully saturated rings. The largest absolute Gasteiger partial charge is 0.383 e. The third-order valence-corrected chi connectivity index (χ3v) is 4.61. The second-order valence-electron chi connectivity index (χ2n) is 6.73. The van der Waals surface area contributed by atoms with Gasteiger partial charge < -0.3 is 10.2 Å². The number of hydrogen-bond donors (Lipinski definition) is 1. The standard InChI is InChI=1S/C15H27N3O/c1-12(14-15(2,3)7-9-17(14)4)16-13-6-5-8-18(10-13)11-19/h11,13-14,16H,1,5-10H2,2-4H3/t13?,14-/m0/s1. The highest BCUT2D eigenvalue weighted by Crippen LogP contribution is 2.38. The van der Waals surface area contributed by atoms with E-state index >= 15 is 0 Å². The lowest BCUT2D eigenvalue weighted by atomic mass is 9.83. The Morgan fingerprint density at radius 3 is 2.74 bits per heavy atom. The molecule has 1 amide bonds. The highest BCUT2D eigenvalue weighted by Gasteiger charge is 2.40. The lowest BCUT2D eigenvalue weighted by Crippen LogP contribution is -2.49. The molecular formula is C15H27N3O. The zero-order valence-electron chi connectivity index (χ0n) is 12.5. The monoisotopic (exact) mass is 265 g/mol. The van der Waals surface area contributed by atoms with Gasteiger partial charge in [-0.3, -0.25) is 9.69 Å². The van der Waals surface area contributed by atoms with E-state index in [4.69, 9.17) is 0 Å². The van der Waals surface area contributed by atoms with E-state index in [1.54, 1.807) is 0 Å². The highest BCUT2D eigenvalue weighted by atomic mass is 16.1. The number of piperidine rings is 1. The Balaban J connectivity index is 1.95. The van der Waals surface area contributed by atoms with Crippen LogP contribution in [0.2, 0.25) is 0 Å². The molecule has 1 N–H and O–H groups in total. The summed E-state index contributed by atoms with van der Waals surface area (Å²) in [6, 6.07) is 0.746. The highest BCUT2D eigenvalue weighted by molar-refractivity contribution is 5.47. The lowest BCUT2D eigenvalue weighted by molar-refractivity contribution is -0.119. The first-order valence-electron chi connectivity index (χ1n) is 7.29. The number of amides is 1. The van der Waals surface area contributed by atoms with Gasteiger partial charge in [0.05, 0.1) is 6.04 Å². The van der Waals surface area contributed by atoms with E-state index in [0.717, 1.165) is 44.6 Å². The molecule has 2 atom stereocenters. The van der Waals surface area contributed by atoms with Crippen molar-refractivity contribution in [3.05, 3.63) is 12.3 Å². The number of nitrogens with one attached hydrogen (secondary N) is 1. The first-order valence-corrected chi connectivity index (χ1v) is 7.29. The Hall–Kier alpha value is -1.03. The van der Waals surface area contributed by atoms with Crippen molar-refractivity contribution in [1.82, 2.24) is 15.1 Å². The molecule has 0 radical (unpaired) electrons. The molecule has 2 aliphatic heterocycles. The summed E-state index contributed by atoms with van der Waals surface area (Å²) in [4.78, 5) is 15.1. The second-order valence-corrected chi connectivity index (χ2v) is 6.73. The summed E-state index contributed by atoms with van der Waals surface area (Å²) < 4.78 is 0. The van der Waals surface area contributed by atoms with Crippen LogP contribution in [0.3, 0.4) is 0 Å². The Morgan fingerprint density at radius 2 is 2.16 bits per heavy atom. The molecule has 0 saturated carbocycles. The molecule has 0 spiro atoms. The SMILES string of the molecule is C=C(NC1CCCN(C=O)C1)[C@@H]1N(C)CCC1(C)C. The Morgan fingerprint density at radius 1 is 1.42 bits per heavy atom. The summed E-state index contributed by atoms with van der Waals surface area (Å²) in [5, 5.41) is 3.57. The van der Waals surface area contributed by atoms with Crippen molar-refractivity contribution in [1.29, 1.82) is 0 Å². The van der Waals surface area contributed by atoms with E-state index in [1.807, 2.05) is 4.90 Å². The maximum absolute atomic E-state index is 10.9. The summed E-state index contributed by atoms with van der Waals surface area (Å²) in [6.45, 7) is 11.7. The molecule has 2 rings (SSSR count). The van der Waals surface area contributed by atoms with E-state index in [9.17, 15) is 4.79 Å². The van der Waals surface area contributed by atoms with E-state index in [2.05, 4.69) is 37.7 Å². The molecule has 0 aromatic rings. The van der Waals surface area contributed by atoms with Crippen molar-refractivity contribution < 1.29 is 4.79 Å². The normalized spacial score (nSPS) is 31.2. The van der Waals surface area contributed by atoms with Crippen LogP contribution in [-0.4, -0.2) is 55.0 Å². The zero-order chi connectivity index (χ0) is 14.0. The summed E-state index contributed by atoms with van der Waals surface area (Å²) in [5.41, 5.74) is 1.39. The van der Waals surface area contributed by atoms with Gasteiger partial charge in [0.25, 0.3) is 0 Å². The van der Waals surface area contributed by atoms with Gasteiger partial charge in [0.2, 0.25) is 6.41 Å². The average molecular weight is 265 g/mol. The van der Waals surface area contributed by atoms with Gasteiger partial charge in [-0.1, -0.05) is 20.4 Å². The van der Waals surface area contributed by atoms with Gasteiger partial charge in [-0.05, 0) is 38.3 Å². The van der Waals surface area contributed by atoms with Crippen LogP contribution in [0.4, 0.5) is 0 Å². The molecular weight excluding hydrogens is 238 g/mol. The van der Waals surface area contributed by atoms with E-state index < -0.39 is 0 Å². The Kier molecular flexibility index (Phi) is 4.19. The smallest absolute Gasteiger partial charge is 0.209 e. The van der Waals surface area contributed by atoms with Crippen LogP contribution < -0.4 is 5.32 Å². The first kappa shape index (κ1) is 14.4. The van der Waals surface area contributed by atoms with Crippen molar-refractivity contribution in [3.63, 3.8) is 0 Å². The molecule has 0 aromatic heterocycles. The summed E-state index contributed by atoms with van der Waals surface area (Å²) >= 11 is 0. The predicted molar refractivity (Wildman–Crippen MR) is 77.8 cm³/mol. The quantitative estimate of drug-likeness (QED) is 0.781. The molecule has 19 heavy (non-hydrogen) atoms. The van der Waals surface area contributed by atoms with Crippen LogP contribution >= 0.6 is 0 Å². The third-order valence-electron chi connectivity index (χ3n) is 4.61. The minimum atomic E-state index is 0.276. The summed E-state index contributed by atoms with van der Waals surface area (Å²) in [6.07, 6.45) is 4.37. The number of likely N-dealkylation sites (N-methyl/N-ethyl adjacent to an activating group) is 1. The molecule has 4 nitrogen and oxygen atoms in total. The molecule has 1 unspecified atom stereocenters. The minimum Gasteiger partial charge on any atom is -0.383 e. The van der Waals surface area contributed by atoms with Gasteiger partial charge in [0.1, 0.15) is 0 Å². The fourth-order valence-corrected chi connectivity index (χ4v) is 3.63. The topological polar surface area (TPSA) is 35.6 Å². The van der Waals surface area contributed by atoms with Crippen LogP contribution in [0.5, 0.6) is 0 Å². The number of carbonyl (C=O) groups is 1. The van der Waals surface area contributed by atoms with Gasteiger partial charge in [-0.2, -0.15) is 0 Å². The molecule has 0 bridgehead atoms. The molecule has 0 aliphatic carbocycles. The van der Waals surface area contributed by atoms with Crippen LogP contribution in [0.1, 0.15) is 33.1 Å². The summed E-state index contributed by atoms with van der Waals surface area (Å²) in [7, 11) is 2.17. The number of rotatable bonds is 4. The number of likely N-dealkylation sites (tertiary alicyclic amines) is 2. The van der Waals surface area contributed by atoms with Crippen molar-refractivity contribution >= 4 is 6.41 Å². The van der Waals surface area contributed by atoms with E-state index in [-0.39, 0.29) is 5.41 Å². The first-order chi connectivity index (χ1) is 8.94. The van der Waals surface area contributed by atoms with Gasteiger partial charge in [-0.15, -0.1) is 0 Å². The predicted octanol–water partition coefficient (Wildman–Crippen LogP) is 1.44. The van der Waals surface area contributed by atoms with Crippen LogP contribution in [0.15, 0.2) is 12.3 Å². The fourth-order valence-electron chi connectivity index (χ4n) is 3.63.